The van der Waals surface area contributed by atoms with Gasteiger partial charge in [0.15, 0.2) is 0 Å². The van der Waals surface area contributed by atoms with E-state index in [2.05, 4.69) is 4.98 Å². The van der Waals surface area contributed by atoms with Crippen LogP contribution in [0.15, 0.2) is 18.5 Å². The van der Waals surface area contributed by atoms with E-state index >= 15 is 0 Å². The quantitative estimate of drug-likeness (QED) is 0.702. The van der Waals surface area contributed by atoms with Gasteiger partial charge in [-0.25, -0.2) is 0 Å². The van der Waals surface area contributed by atoms with Gasteiger partial charge in [-0.1, -0.05) is 0 Å². The maximum Gasteiger partial charge on any atom is 0.0380 e. The first-order valence-corrected chi connectivity index (χ1v) is 5.04. The molecule has 1 aliphatic rings. The Morgan fingerprint density at radius 3 is 2.92 bits per heavy atom. The number of alkyl halides is 1. The number of hydrogen-bond donors (Lipinski definition) is 1. The van der Waals surface area contributed by atoms with Gasteiger partial charge in [0.05, 0.1) is 0 Å². The predicted octanol–water partition coefficient (Wildman–Crippen LogP) is 2.54. The molecule has 0 radical (unpaired) electrons. The van der Waals surface area contributed by atoms with Gasteiger partial charge in [0, 0.05) is 23.5 Å². The average Bonchev–Trinajstić information content (AvgIpc) is 2.53. The van der Waals surface area contributed by atoms with Crippen molar-refractivity contribution in [1.29, 1.82) is 0 Å². The first kappa shape index (κ1) is 8.82. The molecule has 1 saturated carbocycles. The molecule has 0 aliphatic heterocycles. The Labute approximate surface area is 83.1 Å². The summed E-state index contributed by atoms with van der Waals surface area (Å²) in [7, 11) is 0. The summed E-state index contributed by atoms with van der Waals surface area (Å²) < 4.78 is 0. The van der Waals surface area contributed by atoms with Crippen LogP contribution in [-0.4, -0.2) is 10.4 Å². The molecule has 0 saturated heterocycles. The molecule has 0 spiro atoms. The van der Waals surface area contributed by atoms with E-state index in [1.165, 1.54) is 5.56 Å². The minimum Gasteiger partial charge on any atom is -0.398 e. The number of nitrogens with two attached hydrogens (primary N) is 1. The van der Waals surface area contributed by atoms with Crippen LogP contribution in [0.5, 0.6) is 0 Å². The summed E-state index contributed by atoms with van der Waals surface area (Å²) in [5, 5.41) is 0.324. The van der Waals surface area contributed by atoms with Crippen molar-refractivity contribution in [3.05, 3.63) is 24.0 Å². The summed E-state index contributed by atoms with van der Waals surface area (Å²) in [6.45, 7) is 0. The highest BCUT2D eigenvalue weighted by Crippen LogP contribution is 2.38. The number of pyridine rings is 1. The molecule has 1 aromatic heterocycles. The van der Waals surface area contributed by atoms with E-state index in [0.717, 1.165) is 24.9 Å². The van der Waals surface area contributed by atoms with Crippen LogP contribution in [0.1, 0.15) is 30.7 Å². The minimum absolute atomic E-state index is 0.324. The van der Waals surface area contributed by atoms with Gasteiger partial charge < -0.3 is 5.73 Å². The number of halogens is 1. The van der Waals surface area contributed by atoms with Gasteiger partial charge in [-0.05, 0) is 36.8 Å². The van der Waals surface area contributed by atoms with Crippen molar-refractivity contribution in [3.63, 3.8) is 0 Å². The molecule has 1 aromatic rings. The smallest absolute Gasteiger partial charge is 0.0380 e. The van der Waals surface area contributed by atoms with Gasteiger partial charge >= 0.3 is 0 Å². The third-order valence-electron chi connectivity index (χ3n) is 2.70. The number of nitrogens with zero attached hydrogens (tertiary/aromatic N) is 1. The van der Waals surface area contributed by atoms with Crippen molar-refractivity contribution in [2.75, 3.05) is 5.73 Å². The van der Waals surface area contributed by atoms with Crippen LogP contribution in [0.3, 0.4) is 0 Å². The second-order valence-electron chi connectivity index (χ2n) is 3.61. The normalized spacial score (nSPS) is 27.8. The lowest BCUT2D eigenvalue weighted by Gasteiger charge is -2.11. The zero-order chi connectivity index (χ0) is 9.26. The molecule has 2 unspecified atom stereocenters. The van der Waals surface area contributed by atoms with E-state index in [1.807, 2.05) is 12.3 Å². The Hall–Kier alpha value is -0.760. The van der Waals surface area contributed by atoms with Gasteiger partial charge in [-0.2, -0.15) is 0 Å². The van der Waals surface area contributed by atoms with Crippen LogP contribution in [-0.2, 0) is 0 Å². The second kappa shape index (κ2) is 3.54. The first-order valence-electron chi connectivity index (χ1n) is 4.61. The highest BCUT2D eigenvalue weighted by molar-refractivity contribution is 6.20. The van der Waals surface area contributed by atoms with Crippen molar-refractivity contribution in [1.82, 2.24) is 4.98 Å². The van der Waals surface area contributed by atoms with Crippen LogP contribution in [0.4, 0.5) is 5.69 Å². The minimum atomic E-state index is 0.324. The van der Waals surface area contributed by atoms with E-state index in [9.17, 15) is 0 Å². The van der Waals surface area contributed by atoms with Crippen molar-refractivity contribution in [3.8, 4) is 0 Å². The Morgan fingerprint density at radius 2 is 2.31 bits per heavy atom. The number of rotatable bonds is 1. The summed E-state index contributed by atoms with van der Waals surface area (Å²) in [5.74, 6) is 0.524. The van der Waals surface area contributed by atoms with Crippen molar-refractivity contribution < 1.29 is 0 Å². The number of nitrogen functional groups attached to an aromatic ring is 1. The summed E-state index contributed by atoms with van der Waals surface area (Å²) in [5.41, 5.74) is 7.89. The molecule has 2 nitrogen and oxygen atoms in total. The van der Waals surface area contributed by atoms with E-state index in [-0.39, 0.29) is 0 Å². The molecule has 1 aliphatic carbocycles. The van der Waals surface area contributed by atoms with Crippen molar-refractivity contribution >= 4 is 17.3 Å². The standard InChI is InChI=1S/C10H13ClN2/c11-8-2-1-7(5-8)9-6-13-4-3-10(9)12/h3-4,6-8H,1-2,5H2,(H2,12,13). The molecule has 2 N–H and O–H groups in total. The zero-order valence-electron chi connectivity index (χ0n) is 7.41. The molecule has 13 heavy (non-hydrogen) atoms. The molecule has 1 heterocycles. The second-order valence-corrected chi connectivity index (χ2v) is 4.23. The topological polar surface area (TPSA) is 38.9 Å². The predicted molar refractivity (Wildman–Crippen MR) is 54.9 cm³/mol. The van der Waals surface area contributed by atoms with E-state index < -0.39 is 0 Å². The average molecular weight is 197 g/mol. The molecule has 2 rings (SSSR count). The molecule has 2 atom stereocenters. The van der Waals surface area contributed by atoms with E-state index in [4.69, 9.17) is 17.3 Å². The van der Waals surface area contributed by atoms with Gasteiger partial charge in [0.1, 0.15) is 0 Å². The molecular weight excluding hydrogens is 184 g/mol. The Bertz CT molecular complexity index is 301. The highest BCUT2D eigenvalue weighted by Gasteiger charge is 2.25. The highest BCUT2D eigenvalue weighted by atomic mass is 35.5. The van der Waals surface area contributed by atoms with Crippen LogP contribution >= 0.6 is 11.6 Å². The maximum absolute atomic E-state index is 6.05. The molecule has 70 valence electrons. The monoisotopic (exact) mass is 196 g/mol. The Kier molecular flexibility index (Phi) is 2.40. The fourth-order valence-corrected chi connectivity index (χ4v) is 2.31. The summed E-state index contributed by atoms with van der Waals surface area (Å²) >= 11 is 6.05. The van der Waals surface area contributed by atoms with E-state index in [0.29, 0.717) is 11.3 Å². The van der Waals surface area contributed by atoms with Gasteiger partial charge in [-0.3, -0.25) is 4.98 Å². The van der Waals surface area contributed by atoms with Gasteiger partial charge in [0.2, 0.25) is 0 Å². The van der Waals surface area contributed by atoms with Crippen LogP contribution < -0.4 is 5.73 Å². The lowest BCUT2D eigenvalue weighted by atomic mass is 9.98. The van der Waals surface area contributed by atoms with Gasteiger partial charge in [0.25, 0.3) is 0 Å². The van der Waals surface area contributed by atoms with Crippen LogP contribution in [0, 0.1) is 0 Å². The lowest BCUT2D eigenvalue weighted by molar-refractivity contribution is 0.722. The van der Waals surface area contributed by atoms with Crippen molar-refractivity contribution in [2.24, 2.45) is 0 Å². The van der Waals surface area contributed by atoms with Crippen LogP contribution in [0.25, 0.3) is 0 Å². The maximum atomic E-state index is 6.05. The Balaban J connectivity index is 2.21. The molecule has 1 fully saturated rings. The molecule has 0 amide bonds. The number of hydrogen-bond acceptors (Lipinski definition) is 2. The van der Waals surface area contributed by atoms with Crippen LogP contribution in [0.2, 0.25) is 0 Å². The van der Waals surface area contributed by atoms with Crippen molar-refractivity contribution in [2.45, 2.75) is 30.6 Å². The largest absolute Gasteiger partial charge is 0.398 e. The summed E-state index contributed by atoms with van der Waals surface area (Å²) in [6.07, 6.45) is 6.88. The summed E-state index contributed by atoms with van der Waals surface area (Å²) in [4.78, 5) is 4.09. The van der Waals surface area contributed by atoms with E-state index in [1.54, 1.807) is 6.20 Å². The fourth-order valence-electron chi connectivity index (χ4n) is 1.97. The first-order chi connectivity index (χ1) is 6.27. The Morgan fingerprint density at radius 1 is 1.46 bits per heavy atom. The number of aromatic nitrogens is 1. The molecule has 0 aromatic carbocycles. The third-order valence-corrected chi connectivity index (χ3v) is 3.09. The van der Waals surface area contributed by atoms with Gasteiger partial charge in [-0.15, -0.1) is 11.6 Å². The third kappa shape index (κ3) is 1.78. The molecular formula is C10H13ClN2. The zero-order valence-corrected chi connectivity index (χ0v) is 8.17. The summed E-state index contributed by atoms with van der Waals surface area (Å²) in [6, 6.07) is 1.86. The lowest BCUT2D eigenvalue weighted by Crippen LogP contribution is -2.00. The number of anilines is 1. The fraction of sp³-hybridized carbons (Fsp3) is 0.500. The molecule has 3 heteroatoms. The molecule has 0 bridgehead atoms. The SMILES string of the molecule is Nc1ccncc1C1CCC(Cl)C1.